The molecule has 3 aromatic heterocycles. The van der Waals surface area contributed by atoms with Crippen LogP contribution in [-0.2, 0) is 18.3 Å². The van der Waals surface area contributed by atoms with Gasteiger partial charge in [0.1, 0.15) is 5.82 Å². The highest BCUT2D eigenvalue weighted by molar-refractivity contribution is 5.90. The van der Waals surface area contributed by atoms with Crippen LogP contribution in [-0.4, -0.2) is 55.8 Å². The molecule has 0 aliphatic carbocycles. The zero-order chi connectivity index (χ0) is 23.5. The predicted molar refractivity (Wildman–Crippen MR) is 133 cm³/mol. The van der Waals surface area contributed by atoms with Crippen LogP contribution in [0.25, 0.3) is 21.9 Å². The number of rotatable bonds is 7. The predicted octanol–water partition coefficient (Wildman–Crippen LogP) is 2.99. The second-order valence-corrected chi connectivity index (χ2v) is 9.14. The number of hydrogen-bond acceptors (Lipinski definition) is 6. The van der Waals surface area contributed by atoms with Crippen molar-refractivity contribution < 1.29 is 9.90 Å². The van der Waals surface area contributed by atoms with Crippen LogP contribution < -0.4 is 10.2 Å². The fraction of sp³-hybridized carbons (Fsp3) is 0.385. The highest BCUT2D eigenvalue weighted by Crippen LogP contribution is 2.30. The van der Waals surface area contributed by atoms with Crippen LogP contribution in [0.5, 0.6) is 0 Å². The third-order valence-corrected chi connectivity index (χ3v) is 6.85. The lowest BCUT2D eigenvalue weighted by molar-refractivity contribution is -0.122. The standard InChI is InChI=1S/C26H30N6O2/c1-31-23-6-3-2-5-21(23)30-24(31)7-4-8-25(33)29-18-26(34)11-15-32(16-12-26)22-10-14-28-20-9-13-27-17-19(20)22/h2-3,5-6,9-10,13-14,17,34H,4,7-8,11-12,15-16,18H2,1H3,(H,29,33). The molecule has 5 rings (SSSR count). The quantitative estimate of drug-likeness (QED) is 0.442. The smallest absolute Gasteiger partial charge is 0.220 e. The van der Waals surface area contributed by atoms with Crippen LogP contribution >= 0.6 is 0 Å². The fourth-order valence-corrected chi connectivity index (χ4v) is 4.77. The number of aryl methyl sites for hydroxylation is 2. The van der Waals surface area contributed by atoms with Crippen LogP contribution in [0.4, 0.5) is 5.69 Å². The van der Waals surface area contributed by atoms with Gasteiger partial charge in [-0.2, -0.15) is 0 Å². The van der Waals surface area contributed by atoms with Gasteiger partial charge >= 0.3 is 0 Å². The second kappa shape index (κ2) is 9.38. The summed E-state index contributed by atoms with van der Waals surface area (Å²) in [6.07, 6.45) is 8.47. The van der Waals surface area contributed by atoms with Gasteiger partial charge in [0.15, 0.2) is 0 Å². The Morgan fingerprint density at radius 1 is 1.12 bits per heavy atom. The van der Waals surface area contributed by atoms with Gasteiger partial charge in [-0.15, -0.1) is 0 Å². The van der Waals surface area contributed by atoms with Gasteiger partial charge in [0.05, 0.1) is 22.2 Å². The molecule has 0 spiro atoms. The van der Waals surface area contributed by atoms with Gasteiger partial charge < -0.3 is 19.9 Å². The molecule has 176 valence electrons. The molecule has 34 heavy (non-hydrogen) atoms. The zero-order valence-electron chi connectivity index (χ0n) is 19.4. The molecule has 0 bridgehead atoms. The van der Waals surface area contributed by atoms with Crippen molar-refractivity contribution in [3.05, 3.63) is 60.8 Å². The maximum atomic E-state index is 12.4. The third-order valence-electron chi connectivity index (χ3n) is 6.85. The highest BCUT2D eigenvalue weighted by Gasteiger charge is 2.33. The summed E-state index contributed by atoms with van der Waals surface area (Å²) in [5, 5.41) is 15.0. The lowest BCUT2D eigenvalue weighted by Gasteiger charge is -2.39. The topological polar surface area (TPSA) is 96.2 Å². The zero-order valence-corrected chi connectivity index (χ0v) is 19.4. The first-order chi connectivity index (χ1) is 16.5. The van der Waals surface area contributed by atoms with Crippen molar-refractivity contribution in [3.8, 4) is 0 Å². The molecule has 0 saturated carbocycles. The molecular formula is C26H30N6O2. The fourth-order valence-electron chi connectivity index (χ4n) is 4.77. The molecule has 0 radical (unpaired) electrons. The molecule has 1 fully saturated rings. The molecule has 0 unspecified atom stereocenters. The van der Waals surface area contributed by atoms with E-state index in [2.05, 4.69) is 35.8 Å². The number of anilines is 1. The molecule has 4 heterocycles. The molecule has 1 aromatic carbocycles. The molecule has 4 aromatic rings. The van der Waals surface area contributed by atoms with Crippen LogP contribution in [0, 0.1) is 0 Å². The van der Waals surface area contributed by atoms with E-state index in [9.17, 15) is 9.90 Å². The Bertz CT molecular complexity index is 1300. The van der Waals surface area contributed by atoms with Gasteiger partial charge in [0.2, 0.25) is 5.91 Å². The Kier molecular flexibility index (Phi) is 6.15. The maximum Gasteiger partial charge on any atom is 0.220 e. The lowest BCUT2D eigenvalue weighted by Crippen LogP contribution is -2.51. The number of aliphatic hydroxyl groups is 1. The maximum absolute atomic E-state index is 12.4. The van der Waals surface area contributed by atoms with E-state index in [-0.39, 0.29) is 12.5 Å². The van der Waals surface area contributed by atoms with Gasteiger partial charge in [-0.05, 0) is 43.5 Å². The number of carbonyl (C=O) groups excluding carboxylic acids is 1. The van der Waals surface area contributed by atoms with Crippen LogP contribution in [0.2, 0.25) is 0 Å². The first-order valence-electron chi connectivity index (χ1n) is 11.9. The average Bonchev–Trinajstić information content (AvgIpc) is 3.18. The summed E-state index contributed by atoms with van der Waals surface area (Å²) in [7, 11) is 2.01. The number of benzene rings is 1. The number of fused-ring (bicyclic) bond motifs is 2. The highest BCUT2D eigenvalue weighted by atomic mass is 16.3. The third kappa shape index (κ3) is 4.59. The van der Waals surface area contributed by atoms with E-state index in [1.54, 1.807) is 6.20 Å². The van der Waals surface area contributed by atoms with E-state index in [4.69, 9.17) is 0 Å². The van der Waals surface area contributed by atoms with Crippen LogP contribution in [0.1, 0.15) is 31.5 Å². The number of pyridine rings is 2. The molecular weight excluding hydrogens is 428 g/mol. The molecule has 1 amide bonds. The number of imidazole rings is 1. The summed E-state index contributed by atoms with van der Waals surface area (Å²) in [5.74, 6) is 0.958. The van der Waals surface area contributed by atoms with Crippen molar-refractivity contribution in [2.45, 2.75) is 37.7 Å². The van der Waals surface area contributed by atoms with Crippen molar-refractivity contribution in [1.29, 1.82) is 0 Å². The van der Waals surface area contributed by atoms with Crippen LogP contribution in [0.15, 0.2) is 55.0 Å². The normalized spacial score (nSPS) is 15.6. The second-order valence-electron chi connectivity index (χ2n) is 9.14. The summed E-state index contributed by atoms with van der Waals surface area (Å²) < 4.78 is 2.09. The van der Waals surface area contributed by atoms with E-state index in [1.165, 1.54) is 0 Å². The summed E-state index contributed by atoms with van der Waals surface area (Å²) in [4.78, 5) is 28.0. The SMILES string of the molecule is Cn1c(CCCC(=O)NCC2(O)CCN(c3ccnc4ccncc34)CC2)nc2ccccc21. The summed E-state index contributed by atoms with van der Waals surface area (Å²) in [6, 6.07) is 12.0. The van der Waals surface area contributed by atoms with Gasteiger partial charge in [-0.3, -0.25) is 14.8 Å². The largest absolute Gasteiger partial charge is 0.388 e. The Morgan fingerprint density at radius 3 is 2.76 bits per heavy atom. The van der Waals surface area contributed by atoms with Gasteiger partial charge in [0, 0.05) is 69.2 Å². The Balaban J connectivity index is 1.10. The van der Waals surface area contributed by atoms with E-state index in [1.807, 2.05) is 49.8 Å². The Labute approximate surface area is 198 Å². The lowest BCUT2D eigenvalue weighted by atomic mass is 9.91. The molecule has 2 N–H and O–H groups in total. The van der Waals surface area contributed by atoms with Gasteiger partial charge in [-0.1, -0.05) is 12.1 Å². The Hall–Kier alpha value is -3.52. The molecule has 8 heteroatoms. The summed E-state index contributed by atoms with van der Waals surface area (Å²) >= 11 is 0. The van der Waals surface area contributed by atoms with E-state index in [0.717, 1.165) is 46.3 Å². The van der Waals surface area contributed by atoms with Gasteiger partial charge in [-0.25, -0.2) is 4.98 Å². The van der Waals surface area contributed by atoms with E-state index >= 15 is 0 Å². The number of nitrogens with zero attached hydrogens (tertiary/aromatic N) is 5. The van der Waals surface area contributed by atoms with E-state index < -0.39 is 5.60 Å². The Morgan fingerprint density at radius 2 is 1.94 bits per heavy atom. The van der Waals surface area contributed by atoms with Crippen molar-refractivity contribution in [2.24, 2.45) is 7.05 Å². The van der Waals surface area contributed by atoms with Crippen molar-refractivity contribution in [3.63, 3.8) is 0 Å². The monoisotopic (exact) mass is 458 g/mol. The number of amides is 1. The average molecular weight is 459 g/mol. The van der Waals surface area contributed by atoms with Crippen molar-refractivity contribution in [2.75, 3.05) is 24.5 Å². The summed E-state index contributed by atoms with van der Waals surface area (Å²) in [5.41, 5.74) is 3.20. The molecule has 8 nitrogen and oxygen atoms in total. The number of aromatic nitrogens is 4. The molecule has 1 saturated heterocycles. The number of nitrogens with one attached hydrogen (secondary N) is 1. The van der Waals surface area contributed by atoms with Crippen molar-refractivity contribution in [1.82, 2.24) is 24.8 Å². The number of carbonyl (C=O) groups is 1. The minimum absolute atomic E-state index is 0.0270. The minimum Gasteiger partial charge on any atom is -0.388 e. The van der Waals surface area contributed by atoms with E-state index in [0.29, 0.717) is 32.4 Å². The van der Waals surface area contributed by atoms with Crippen LogP contribution in [0.3, 0.4) is 0 Å². The first-order valence-corrected chi connectivity index (χ1v) is 11.9. The minimum atomic E-state index is -0.884. The summed E-state index contributed by atoms with van der Waals surface area (Å²) in [6.45, 7) is 1.71. The number of hydrogen-bond donors (Lipinski definition) is 2. The number of piperidine rings is 1. The van der Waals surface area contributed by atoms with Crippen molar-refractivity contribution >= 4 is 33.5 Å². The molecule has 1 aliphatic heterocycles. The molecule has 1 aliphatic rings. The number of para-hydroxylation sites is 2. The first kappa shape index (κ1) is 22.3. The molecule has 0 atom stereocenters. The van der Waals surface area contributed by atoms with Gasteiger partial charge in [0.25, 0.3) is 0 Å².